The van der Waals surface area contributed by atoms with Gasteiger partial charge in [-0.25, -0.2) is 0 Å². The second-order valence-corrected chi connectivity index (χ2v) is 39.3. The highest BCUT2D eigenvalue weighted by Gasteiger charge is 2.58. The predicted molar refractivity (Wildman–Crippen MR) is 257 cm³/mol. The van der Waals surface area contributed by atoms with Gasteiger partial charge in [-0.15, -0.1) is 0 Å². The molecule has 334 valence electrons. The van der Waals surface area contributed by atoms with Gasteiger partial charge in [-0.1, -0.05) is 180 Å². The molecular weight excluding hydrogens is 797 g/mol. The Morgan fingerprint density at radius 2 is 0.536 bits per heavy atom. The van der Waals surface area contributed by atoms with E-state index in [2.05, 4.69) is 96.6 Å². The molecule has 0 heterocycles. The molecule has 0 amide bonds. The Bertz CT molecular complexity index is 1000. The van der Waals surface area contributed by atoms with Crippen LogP contribution in [0.25, 0.3) is 0 Å². The molecule has 0 bridgehead atoms. The quantitative estimate of drug-likeness (QED) is 0.0346. The Kier molecular flexibility index (Phi) is 29.7. The summed E-state index contributed by atoms with van der Waals surface area (Å²) in [6.07, 6.45) is 13.6. The molecule has 0 unspecified atom stereocenters. The second kappa shape index (κ2) is 29.5. The smallest absolute Gasteiger partial charge is 0.390 e. The van der Waals surface area contributed by atoms with Crippen LogP contribution >= 0.6 is 0 Å². The third kappa shape index (κ3) is 18.5. The molecule has 0 aliphatic rings. The van der Waals surface area contributed by atoms with Crippen molar-refractivity contribution >= 4 is 56.9 Å². The predicted octanol–water partition coefficient (Wildman–Crippen LogP) is 15.7. The van der Waals surface area contributed by atoms with Crippen LogP contribution < -0.4 is 0 Å². The van der Waals surface area contributed by atoms with Crippen molar-refractivity contribution in [2.24, 2.45) is 0 Å². The molecule has 0 aromatic carbocycles. The van der Waals surface area contributed by atoms with Crippen molar-refractivity contribution in [3.63, 3.8) is 0 Å². The van der Waals surface area contributed by atoms with Crippen LogP contribution in [-0.2, 0) is 29.8 Å². The van der Waals surface area contributed by atoms with E-state index in [9.17, 15) is 4.79 Å². The Hall–Kier alpha value is 0.311. The fraction of sp³-hybridized carbons (Fsp3) is 0.930. The van der Waals surface area contributed by atoms with Crippen molar-refractivity contribution in [3.05, 3.63) is 12.3 Å². The van der Waals surface area contributed by atoms with Gasteiger partial charge in [-0.3, -0.25) is 4.79 Å². The number of carbonyl (C=O) groups excluding carboxylic acids is 1. The highest BCUT2D eigenvalue weighted by Crippen LogP contribution is 2.44. The summed E-state index contributed by atoms with van der Waals surface area (Å²) in [4.78, 5) is 12.6. The first-order valence-electron chi connectivity index (χ1n) is 24.0. The monoisotopic (exact) mass is 893 g/mol. The van der Waals surface area contributed by atoms with Crippen molar-refractivity contribution in [3.8, 4) is 0 Å². The van der Waals surface area contributed by atoms with Crippen molar-refractivity contribution in [1.82, 2.24) is 0 Å². The first-order chi connectivity index (χ1) is 26.7. The van der Waals surface area contributed by atoms with Gasteiger partial charge in [-0.2, -0.15) is 0 Å². The molecule has 0 radical (unpaired) electrons. The zero-order valence-corrected chi connectivity index (χ0v) is 45.9. The first-order valence-corrected chi connectivity index (χ1v) is 37.7. The number of Topliss-reactive ketones (excluding diaryl/α,β-unsaturated/α-hetero) is 1. The van der Waals surface area contributed by atoms with Gasteiger partial charge < -0.3 is 25.0 Å². The minimum absolute atomic E-state index is 0.120. The molecular formula is C43H96O7Si6. The van der Waals surface area contributed by atoms with E-state index in [1.54, 1.807) is 6.92 Å². The van der Waals surface area contributed by atoms with Crippen molar-refractivity contribution in [2.45, 2.75) is 259 Å². The summed E-state index contributed by atoms with van der Waals surface area (Å²) in [7, 11) is -16.4. The summed E-state index contributed by atoms with van der Waals surface area (Å²) >= 11 is 0. The molecule has 0 atom stereocenters. The van der Waals surface area contributed by atoms with E-state index in [0.29, 0.717) is 0 Å². The lowest BCUT2D eigenvalue weighted by atomic mass is 10.4. The van der Waals surface area contributed by atoms with Gasteiger partial charge >= 0.3 is 42.8 Å². The average molecular weight is 894 g/mol. The number of ketones is 1. The Labute approximate surface area is 356 Å². The van der Waals surface area contributed by atoms with Crippen LogP contribution in [0.15, 0.2) is 12.3 Å². The molecule has 0 N–H and O–H groups in total. The van der Waals surface area contributed by atoms with Gasteiger partial charge in [0.15, 0.2) is 14.1 Å². The standard InChI is InChI=1S/C43H96O7Si6/c1-16-29-51(30-17-2,31-18-3)46-53(34-21-6,35-22-7)48-55(38-25-10,39-26-11)50-56(40-27-12,41-28-13)49-54(36-23-8,37-24-9)47-52(32-19-4,33-20-5)45-43(15)42(14)44/h15-41H2,1-14H3. The van der Waals surface area contributed by atoms with Gasteiger partial charge in [0, 0.05) is 19.0 Å². The van der Waals surface area contributed by atoms with Gasteiger partial charge in [0.05, 0.1) is 0 Å². The number of hydrogen-bond acceptors (Lipinski definition) is 7. The summed E-state index contributed by atoms with van der Waals surface area (Å²) in [5.41, 5.74) is 0. The summed E-state index contributed by atoms with van der Waals surface area (Å²) < 4.78 is 46.9. The van der Waals surface area contributed by atoms with E-state index in [1.807, 2.05) is 0 Å². The summed E-state index contributed by atoms with van der Waals surface area (Å²) in [5, 5.41) is 0. The van der Waals surface area contributed by atoms with Crippen LogP contribution in [0.5, 0.6) is 0 Å². The summed E-state index contributed by atoms with van der Waals surface area (Å²) in [5.74, 6) is 0.120. The maximum absolute atomic E-state index is 12.6. The summed E-state index contributed by atoms with van der Waals surface area (Å²) in [6, 6.07) is 13.0. The molecule has 56 heavy (non-hydrogen) atoms. The van der Waals surface area contributed by atoms with Gasteiger partial charge in [0.1, 0.15) is 5.76 Å². The average Bonchev–Trinajstić information content (AvgIpc) is 3.09. The Balaban J connectivity index is 7.98. The van der Waals surface area contributed by atoms with Crippen LogP contribution in [0.2, 0.25) is 78.6 Å². The van der Waals surface area contributed by atoms with E-state index < -0.39 is 51.1 Å². The zero-order chi connectivity index (χ0) is 42.8. The second-order valence-electron chi connectivity index (χ2n) is 17.1. The fourth-order valence-corrected chi connectivity index (χ4v) is 47.6. The fourth-order valence-electron chi connectivity index (χ4n) is 9.50. The molecule has 0 saturated carbocycles. The maximum atomic E-state index is 12.6. The number of carbonyl (C=O) groups is 1. The normalized spacial score (nSPS) is 13.4. The summed E-state index contributed by atoms with van der Waals surface area (Å²) in [6.45, 7) is 35.6. The topological polar surface area (TPSA) is 72.5 Å². The molecule has 0 aliphatic carbocycles. The van der Waals surface area contributed by atoms with Crippen LogP contribution in [0, 0.1) is 0 Å². The molecule has 7 nitrogen and oxygen atoms in total. The van der Waals surface area contributed by atoms with E-state index in [0.717, 1.165) is 125 Å². The first kappa shape index (κ1) is 56.3. The lowest BCUT2D eigenvalue weighted by Crippen LogP contribution is -2.66. The van der Waals surface area contributed by atoms with Crippen LogP contribution in [0.4, 0.5) is 0 Å². The van der Waals surface area contributed by atoms with E-state index in [-0.39, 0.29) is 11.5 Å². The molecule has 0 spiro atoms. The molecule has 0 aliphatic heterocycles. The Morgan fingerprint density at radius 1 is 0.339 bits per heavy atom. The van der Waals surface area contributed by atoms with E-state index >= 15 is 0 Å². The molecule has 13 heteroatoms. The van der Waals surface area contributed by atoms with Gasteiger partial charge in [0.2, 0.25) is 0 Å². The molecule has 0 rings (SSSR count). The zero-order valence-electron chi connectivity index (χ0n) is 39.9. The minimum atomic E-state index is -2.95. The Morgan fingerprint density at radius 3 is 0.750 bits per heavy atom. The van der Waals surface area contributed by atoms with Crippen molar-refractivity contribution in [2.75, 3.05) is 0 Å². The molecule has 0 saturated heterocycles. The molecule has 0 aromatic rings. The van der Waals surface area contributed by atoms with Crippen LogP contribution in [0.1, 0.15) is 180 Å². The van der Waals surface area contributed by atoms with Crippen molar-refractivity contribution < 1.29 is 29.8 Å². The van der Waals surface area contributed by atoms with E-state index in [4.69, 9.17) is 25.0 Å². The molecule has 0 aromatic heterocycles. The van der Waals surface area contributed by atoms with Gasteiger partial charge in [0.25, 0.3) is 0 Å². The number of hydrogen-bond donors (Lipinski definition) is 0. The van der Waals surface area contributed by atoms with Crippen LogP contribution in [-0.4, -0.2) is 56.9 Å². The highest BCUT2D eigenvalue weighted by molar-refractivity contribution is 6.93. The van der Waals surface area contributed by atoms with Crippen LogP contribution in [0.3, 0.4) is 0 Å². The number of rotatable bonds is 39. The lowest BCUT2D eigenvalue weighted by Gasteiger charge is -2.51. The number of allylic oxidation sites excluding steroid dienone is 1. The van der Waals surface area contributed by atoms with Crippen molar-refractivity contribution in [1.29, 1.82) is 0 Å². The molecule has 0 fully saturated rings. The van der Waals surface area contributed by atoms with E-state index in [1.165, 1.54) is 37.4 Å². The third-order valence-electron chi connectivity index (χ3n) is 11.0. The largest absolute Gasteiger partial charge is 0.518 e. The van der Waals surface area contributed by atoms with Gasteiger partial charge in [-0.05, 0) is 66.5 Å². The maximum Gasteiger partial charge on any atom is 0.390 e. The minimum Gasteiger partial charge on any atom is -0.518 e. The SMILES string of the molecule is C=C(O[Si](CCC)(CCC)O[Si](CCC)(CCC)O[Si](CCC)(CCC)O[Si](CCC)(CCC)O[Si](CCC)(CCC)O[Si](CCC)(CCC)CCC)C(C)=O. The third-order valence-corrected chi connectivity index (χ3v) is 43.6. The lowest BCUT2D eigenvalue weighted by molar-refractivity contribution is -0.115. The highest BCUT2D eigenvalue weighted by atomic mass is 28.5.